The van der Waals surface area contributed by atoms with Gasteiger partial charge in [0.2, 0.25) is 5.91 Å². The number of aromatic nitrogens is 3. The number of nitrogens with two attached hydrogens (primary N) is 1. The first kappa shape index (κ1) is 26.7. The molecule has 6 rings (SSSR count). The number of pyridine rings is 1. The predicted molar refractivity (Wildman–Crippen MR) is 151 cm³/mol. The lowest BCUT2D eigenvalue weighted by Gasteiger charge is -2.26. The van der Waals surface area contributed by atoms with Crippen molar-refractivity contribution < 1.29 is 18.7 Å². The van der Waals surface area contributed by atoms with Crippen molar-refractivity contribution in [2.45, 2.75) is 32.7 Å². The summed E-state index contributed by atoms with van der Waals surface area (Å²) in [6.07, 6.45) is 3.48. The summed E-state index contributed by atoms with van der Waals surface area (Å²) in [6.45, 7) is 2.28. The molecule has 0 spiro atoms. The third kappa shape index (κ3) is 5.33. The summed E-state index contributed by atoms with van der Waals surface area (Å²) >= 11 is 6.08. The van der Waals surface area contributed by atoms with Crippen molar-refractivity contribution in [3.63, 3.8) is 0 Å². The van der Waals surface area contributed by atoms with Gasteiger partial charge in [0.15, 0.2) is 0 Å². The highest BCUT2D eigenvalue weighted by atomic mass is 35.5. The number of imidazole rings is 1. The maximum atomic E-state index is 14.0. The fourth-order valence-electron chi connectivity index (χ4n) is 5.16. The number of carbonyl (C=O) groups excluding carboxylic acids is 2. The van der Waals surface area contributed by atoms with E-state index in [1.54, 1.807) is 30.6 Å². The Morgan fingerprint density at radius 1 is 1.10 bits per heavy atom. The number of urea groups is 1. The van der Waals surface area contributed by atoms with Gasteiger partial charge in [0.1, 0.15) is 29.8 Å². The molecule has 0 saturated carbocycles. The number of anilines is 2. The lowest BCUT2D eigenvalue weighted by atomic mass is 10.1. The van der Waals surface area contributed by atoms with Crippen LogP contribution < -0.4 is 20.7 Å². The molecule has 1 fully saturated rings. The number of benzene rings is 2. The quantitative estimate of drug-likeness (QED) is 0.335. The van der Waals surface area contributed by atoms with E-state index in [0.29, 0.717) is 41.9 Å². The van der Waals surface area contributed by atoms with Crippen LogP contribution in [0.2, 0.25) is 5.02 Å². The minimum Gasteiger partial charge on any atom is -0.487 e. The summed E-state index contributed by atoms with van der Waals surface area (Å²) in [6, 6.07) is 12.0. The first-order valence-corrected chi connectivity index (χ1v) is 13.4. The largest absolute Gasteiger partial charge is 0.487 e. The van der Waals surface area contributed by atoms with E-state index in [1.165, 1.54) is 22.1 Å². The maximum absolute atomic E-state index is 14.0. The second kappa shape index (κ2) is 10.8. The van der Waals surface area contributed by atoms with Crippen molar-refractivity contribution in [3.8, 4) is 17.1 Å². The monoisotopic (exact) mass is 575 g/mol. The number of amides is 3. The Hall–Kier alpha value is -4.48. The summed E-state index contributed by atoms with van der Waals surface area (Å²) in [5.41, 5.74) is 11.1. The minimum absolute atomic E-state index is 0.0296. The van der Waals surface area contributed by atoms with Gasteiger partial charge < -0.3 is 15.0 Å². The first-order valence-electron chi connectivity index (χ1n) is 13.0. The van der Waals surface area contributed by atoms with Gasteiger partial charge in [0.05, 0.1) is 28.8 Å². The molecule has 0 aliphatic carbocycles. The van der Waals surface area contributed by atoms with Crippen molar-refractivity contribution >= 4 is 35.0 Å². The number of hydrogen-bond acceptors (Lipinski definition) is 7. The summed E-state index contributed by atoms with van der Waals surface area (Å²) in [5.74, 6) is 1.08. The van der Waals surface area contributed by atoms with Gasteiger partial charge in [-0.3, -0.25) is 24.9 Å². The highest BCUT2D eigenvalue weighted by molar-refractivity contribution is 6.31. The fourth-order valence-corrected chi connectivity index (χ4v) is 5.37. The number of fused-ring (bicyclic) bond motifs is 1. The van der Waals surface area contributed by atoms with Crippen LogP contribution >= 0.6 is 11.6 Å². The number of rotatable bonds is 7. The Balaban J connectivity index is 1.12. The topological polar surface area (TPSA) is 119 Å². The third-order valence-corrected chi connectivity index (χ3v) is 7.70. The van der Waals surface area contributed by atoms with Gasteiger partial charge >= 0.3 is 6.03 Å². The molecule has 2 aliphatic rings. The molecule has 3 N–H and O–H groups in total. The van der Waals surface area contributed by atoms with E-state index in [2.05, 4.69) is 32.3 Å². The SMILES string of the molecule is Cn1c(N2CCC(=O)NC2=O)cnc1-c1ccc2c(c1)CN(Cc1ncc(OCc3c(F)cccc3Cl)cc1N)C2. The van der Waals surface area contributed by atoms with Gasteiger partial charge in [0.25, 0.3) is 0 Å². The lowest BCUT2D eigenvalue weighted by Crippen LogP contribution is -2.50. The van der Waals surface area contributed by atoms with Crippen LogP contribution in [0.25, 0.3) is 11.4 Å². The van der Waals surface area contributed by atoms with Gasteiger partial charge in [-0.2, -0.15) is 0 Å². The highest BCUT2D eigenvalue weighted by Crippen LogP contribution is 2.32. The van der Waals surface area contributed by atoms with Crippen LogP contribution in [0.3, 0.4) is 0 Å². The Morgan fingerprint density at radius 2 is 1.93 bits per heavy atom. The third-order valence-electron chi connectivity index (χ3n) is 7.34. The number of hydrogen-bond donors (Lipinski definition) is 2. The van der Waals surface area contributed by atoms with Crippen LogP contribution in [0.15, 0.2) is 54.9 Å². The Morgan fingerprint density at radius 3 is 2.71 bits per heavy atom. The molecule has 2 aliphatic heterocycles. The molecule has 4 heterocycles. The first-order chi connectivity index (χ1) is 19.8. The molecule has 2 aromatic heterocycles. The van der Waals surface area contributed by atoms with Crippen LogP contribution in [0.5, 0.6) is 5.75 Å². The average Bonchev–Trinajstić information content (AvgIpc) is 3.52. The van der Waals surface area contributed by atoms with Gasteiger partial charge in [-0.25, -0.2) is 14.2 Å². The van der Waals surface area contributed by atoms with E-state index in [1.807, 2.05) is 17.7 Å². The standard InChI is InChI=1S/C29H27ClFN7O3/c1-36-27(38-8-7-26(39)35-29(38)40)12-34-28(36)17-5-6-18-13-37(14-19(18)9-17)15-25-24(32)10-20(11-33-25)41-16-21-22(30)3-2-4-23(21)31/h2-6,9-12H,7-8,13-16,32H2,1H3,(H,35,39,40). The number of nitrogen functional groups attached to an aromatic ring is 1. The molecule has 12 heteroatoms. The summed E-state index contributed by atoms with van der Waals surface area (Å²) in [5, 5.41) is 2.65. The Kier molecular flexibility index (Phi) is 7.06. The number of halogens is 2. The molecule has 0 unspecified atom stereocenters. The van der Waals surface area contributed by atoms with E-state index in [9.17, 15) is 14.0 Å². The van der Waals surface area contributed by atoms with Gasteiger partial charge in [0, 0.05) is 56.8 Å². The smallest absolute Gasteiger partial charge is 0.329 e. The van der Waals surface area contributed by atoms with Crippen LogP contribution in [0.1, 0.15) is 28.8 Å². The van der Waals surface area contributed by atoms with Crippen LogP contribution in [0, 0.1) is 5.82 Å². The number of nitrogens with zero attached hydrogens (tertiary/aromatic N) is 5. The van der Waals surface area contributed by atoms with Crippen LogP contribution in [-0.4, -0.2) is 37.9 Å². The van der Waals surface area contributed by atoms with Crippen molar-refractivity contribution in [1.29, 1.82) is 0 Å². The van der Waals surface area contributed by atoms with Gasteiger partial charge in [-0.1, -0.05) is 29.8 Å². The van der Waals surface area contributed by atoms with E-state index in [4.69, 9.17) is 22.1 Å². The van der Waals surface area contributed by atoms with Gasteiger partial charge in [-0.05, 0) is 29.3 Å². The second-order valence-electron chi connectivity index (χ2n) is 10.1. The summed E-state index contributed by atoms with van der Waals surface area (Å²) < 4.78 is 21.6. The number of imide groups is 1. The van der Waals surface area contributed by atoms with Crippen molar-refractivity contribution in [1.82, 2.24) is 24.8 Å². The second-order valence-corrected chi connectivity index (χ2v) is 10.5. The molecule has 2 aromatic carbocycles. The van der Waals surface area contributed by atoms with E-state index in [-0.39, 0.29) is 24.5 Å². The molecular weight excluding hydrogens is 549 g/mol. The molecular formula is C29H27ClFN7O3. The molecule has 4 aromatic rings. The molecule has 0 bridgehead atoms. The van der Waals surface area contributed by atoms with Crippen LogP contribution in [-0.2, 0) is 38.1 Å². The molecule has 3 amide bonds. The average molecular weight is 576 g/mol. The molecule has 10 nitrogen and oxygen atoms in total. The number of nitrogens with one attached hydrogen (secondary N) is 1. The van der Waals surface area contributed by atoms with Crippen molar-refractivity contribution in [3.05, 3.63) is 88.1 Å². The molecule has 41 heavy (non-hydrogen) atoms. The Bertz CT molecular complexity index is 1650. The zero-order valence-electron chi connectivity index (χ0n) is 22.2. The van der Waals surface area contributed by atoms with E-state index < -0.39 is 11.8 Å². The van der Waals surface area contributed by atoms with Crippen LogP contribution in [0.4, 0.5) is 20.7 Å². The maximum Gasteiger partial charge on any atom is 0.329 e. The number of carbonyl (C=O) groups is 2. The van der Waals surface area contributed by atoms with Gasteiger partial charge in [-0.15, -0.1) is 0 Å². The van der Waals surface area contributed by atoms with Crippen molar-refractivity contribution in [2.75, 3.05) is 17.2 Å². The molecule has 0 atom stereocenters. The molecule has 1 saturated heterocycles. The predicted octanol–water partition coefficient (Wildman–Crippen LogP) is 4.40. The highest BCUT2D eigenvalue weighted by Gasteiger charge is 2.28. The zero-order valence-corrected chi connectivity index (χ0v) is 23.0. The molecule has 0 radical (unpaired) electrons. The normalized spacial score (nSPS) is 15.2. The lowest BCUT2D eigenvalue weighted by molar-refractivity contribution is -0.120. The zero-order chi connectivity index (χ0) is 28.7. The summed E-state index contributed by atoms with van der Waals surface area (Å²) in [4.78, 5) is 36.7. The fraction of sp³-hybridized carbons (Fsp3) is 0.241. The van der Waals surface area contributed by atoms with E-state index >= 15 is 0 Å². The molecule has 210 valence electrons. The minimum atomic E-state index is -0.442. The van der Waals surface area contributed by atoms with E-state index in [0.717, 1.165) is 23.6 Å². The number of ether oxygens (including phenoxy) is 1. The van der Waals surface area contributed by atoms with Crippen molar-refractivity contribution in [2.24, 2.45) is 7.05 Å². The summed E-state index contributed by atoms with van der Waals surface area (Å²) in [7, 11) is 1.85. The Labute approximate surface area is 240 Å².